The molecule has 0 radical (unpaired) electrons. The molecular weight excluding hydrogens is 474 g/mol. The maximum Gasteiger partial charge on any atom is 0.338 e. The molecule has 0 spiro atoms. The third-order valence-electron chi connectivity index (χ3n) is 5.90. The summed E-state index contributed by atoms with van der Waals surface area (Å²) in [4.78, 5) is 63.5. The van der Waals surface area contributed by atoms with Gasteiger partial charge in [-0.25, -0.2) is 9.69 Å². The molecule has 1 aliphatic heterocycles. The van der Waals surface area contributed by atoms with Crippen LogP contribution in [0, 0.1) is 0 Å². The number of amides is 2. The molecule has 5 rings (SSSR count). The van der Waals surface area contributed by atoms with Gasteiger partial charge >= 0.3 is 11.9 Å². The third kappa shape index (κ3) is 4.48. The predicted octanol–water partition coefficient (Wildman–Crippen LogP) is 4.61. The second-order valence-corrected chi connectivity index (χ2v) is 8.32. The number of ketones is 1. The highest BCUT2D eigenvalue weighted by Crippen LogP contribution is 2.34. The Hall–Kier alpha value is -5.11. The molecule has 2 amide bonds. The zero-order valence-corrected chi connectivity index (χ0v) is 19.6. The van der Waals surface area contributed by atoms with E-state index in [1.807, 2.05) is 30.3 Å². The van der Waals surface area contributed by atoms with Crippen molar-refractivity contribution >= 4 is 46.0 Å². The van der Waals surface area contributed by atoms with Crippen LogP contribution in [0.3, 0.4) is 0 Å². The van der Waals surface area contributed by atoms with Gasteiger partial charge in [0.2, 0.25) is 0 Å². The maximum absolute atomic E-state index is 13.2. The first kappa shape index (κ1) is 23.6. The number of benzene rings is 4. The third-order valence-corrected chi connectivity index (χ3v) is 5.90. The van der Waals surface area contributed by atoms with Gasteiger partial charge in [-0.1, -0.05) is 36.4 Å². The van der Waals surface area contributed by atoms with Crippen LogP contribution in [0.15, 0.2) is 84.9 Å². The molecule has 0 saturated heterocycles. The number of ether oxygens (including phenoxy) is 2. The normalized spacial score (nSPS) is 12.4. The number of anilines is 1. The Kier molecular flexibility index (Phi) is 6.07. The monoisotopic (exact) mass is 493 g/mol. The summed E-state index contributed by atoms with van der Waals surface area (Å²) in [5, 5.41) is 1.63. The minimum absolute atomic E-state index is 0.0395. The van der Waals surface area contributed by atoms with E-state index in [0.29, 0.717) is 5.69 Å². The zero-order valence-electron chi connectivity index (χ0n) is 19.6. The summed E-state index contributed by atoms with van der Waals surface area (Å²) in [5.74, 6) is -2.49. The van der Waals surface area contributed by atoms with Crippen molar-refractivity contribution in [2.24, 2.45) is 0 Å². The van der Waals surface area contributed by atoms with E-state index in [1.165, 1.54) is 49.4 Å². The van der Waals surface area contributed by atoms with Gasteiger partial charge in [0.05, 0.1) is 22.4 Å². The van der Waals surface area contributed by atoms with Crippen LogP contribution in [-0.4, -0.2) is 36.1 Å². The lowest BCUT2D eigenvalue weighted by Gasteiger charge is -2.16. The molecule has 0 saturated carbocycles. The number of rotatable bonds is 6. The fourth-order valence-corrected chi connectivity index (χ4v) is 4.16. The summed E-state index contributed by atoms with van der Waals surface area (Å²) in [7, 11) is 0. The summed E-state index contributed by atoms with van der Waals surface area (Å²) in [6, 6.07) is 22.7. The fraction of sp³-hybridized carbons (Fsp3) is 0.0690. The summed E-state index contributed by atoms with van der Waals surface area (Å²) in [6.07, 6.45) is 0. The quantitative estimate of drug-likeness (QED) is 0.167. The summed E-state index contributed by atoms with van der Waals surface area (Å²) in [6.45, 7) is 0.736. The first-order valence-corrected chi connectivity index (χ1v) is 11.3. The van der Waals surface area contributed by atoms with Crippen LogP contribution in [0.4, 0.5) is 5.69 Å². The average Bonchev–Trinajstić information content (AvgIpc) is 3.15. The lowest BCUT2D eigenvalue weighted by molar-refractivity contribution is -0.131. The summed E-state index contributed by atoms with van der Waals surface area (Å²) in [5.41, 5.74) is 1.03. The Labute approximate surface area is 211 Å². The molecule has 0 aliphatic carbocycles. The average molecular weight is 493 g/mol. The van der Waals surface area contributed by atoms with Gasteiger partial charge < -0.3 is 9.47 Å². The van der Waals surface area contributed by atoms with Gasteiger partial charge in [0.25, 0.3) is 11.8 Å². The van der Waals surface area contributed by atoms with Crippen LogP contribution in [-0.2, 0) is 9.53 Å². The van der Waals surface area contributed by atoms with Crippen LogP contribution in [0.1, 0.15) is 48.4 Å². The van der Waals surface area contributed by atoms with Crippen molar-refractivity contribution in [2.75, 3.05) is 11.5 Å². The number of imide groups is 1. The first-order valence-electron chi connectivity index (χ1n) is 11.3. The number of hydrogen-bond donors (Lipinski definition) is 0. The topological polar surface area (TPSA) is 107 Å². The smallest absolute Gasteiger partial charge is 0.338 e. The summed E-state index contributed by atoms with van der Waals surface area (Å²) >= 11 is 0. The Bertz CT molecular complexity index is 1600. The molecule has 8 nitrogen and oxygen atoms in total. The number of nitrogens with zero attached hydrogens (tertiary/aromatic N) is 1. The van der Waals surface area contributed by atoms with Gasteiger partial charge in [-0.05, 0) is 53.9 Å². The molecule has 0 bridgehead atoms. The van der Waals surface area contributed by atoms with Crippen molar-refractivity contribution < 1.29 is 33.4 Å². The highest BCUT2D eigenvalue weighted by atomic mass is 16.5. The molecule has 1 heterocycles. The minimum atomic E-state index is -0.809. The van der Waals surface area contributed by atoms with Crippen LogP contribution in [0.5, 0.6) is 5.75 Å². The van der Waals surface area contributed by atoms with Crippen molar-refractivity contribution in [3.63, 3.8) is 0 Å². The molecule has 0 atom stereocenters. The SMILES string of the molecule is CC(=O)Oc1ccc(C(=O)COC(=O)c2ccc3c(c2)C(=O)N(c2cccc4ccccc24)C3=O)cc1. The molecule has 182 valence electrons. The largest absolute Gasteiger partial charge is 0.454 e. The van der Waals surface area contributed by atoms with Crippen LogP contribution in [0.2, 0.25) is 0 Å². The Morgan fingerprint density at radius 3 is 2.19 bits per heavy atom. The van der Waals surface area contributed by atoms with Crippen LogP contribution < -0.4 is 9.64 Å². The van der Waals surface area contributed by atoms with Crippen molar-refractivity contribution in [1.82, 2.24) is 0 Å². The van der Waals surface area contributed by atoms with E-state index in [-0.39, 0.29) is 28.0 Å². The molecule has 0 fully saturated rings. The highest BCUT2D eigenvalue weighted by Gasteiger charge is 2.38. The molecule has 4 aromatic carbocycles. The lowest BCUT2D eigenvalue weighted by atomic mass is 10.1. The Balaban J connectivity index is 1.32. The number of carbonyl (C=O) groups excluding carboxylic acids is 5. The van der Waals surface area contributed by atoms with E-state index in [9.17, 15) is 24.0 Å². The number of Topliss-reactive ketones (excluding diaryl/α,β-unsaturated/α-hetero) is 1. The van der Waals surface area contributed by atoms with Gasteiger partial charge in [-0.3, -0.25) is 19.2 Å². The van der Waals surface area contributed by atoms with E-state index in [0.717, 1.165) is 15.7 Å². The van der Waals surface area contributed by atoms with E-state index >= 15 is 0 Å². The molecule has 8 heteroatoms. The van der Waals surface area contributed by atoms with Crippen molar-refractivity contribution in [3.8, 4) is 5.75 Å². The summed E-state index contributed by atoms with van der Waals surface area (Å²) < 4.78 is 10.1. The first-order chi connectivity index (χ1) is 17.8. The Morgan fingerprint density at radius 1 is 0.757 bits per heavy atom. The van der Waals surface area contributed by atoms with Gasteiger partial charge in [-0.2, -0.15) is 0 Å². The van der Waals surface area contributed by atoms with Gasteiger partial charge in [-0.15, -0.1) is 0 Å². The predicted molar refractivity (Wildman–Crippen MR) is 134 cm³/mol. The van der Waals surface area contributed by atoms with E-state index in [4.69, 9.17) is 9.47 Å². The standard InChI is InChI=1S/C29H19NO7/c1-17(31)37-21-12-9-19(10-13-21)26(32)16-36-29(35)20-11-14-23-24(15-20)28(34)30(27(23)33)25-8-4-6-18-5-2-3-7-22(18)25/h2-15H,16H2,1H3. The van der Waals surface area contributed by atoms with Crippen molar-refractivity contribution in [3.05, 3.63) is 107 Å². The van der Waals surface area contributed by atoms with Gasteiger partial charge in [0, 0.05) is 17.9 Å². The Morgan fingerprint density at radius 2 is 1.43 bits per heavy atom. The molecule has 0 aromatic heterocycles. The van der Waals surface area contributed by atoms with E-state index < -0.39 is 36.1 Å². The number of fused-ring (bicyclic) bond motifs is 2. The van der Waals surface area contributed by atoms with Gasteiger partial charge in [0.1, 0.15) is 5.75 Å². The van der Waals surface area contributed by atoms with Crippen molar-refractivity contribution in [2.45, 2.75) is 6.92 Å². The van der Waals surface area contributed by atoms with E-state index in [1.54, 1.807) is 12.1 Å². The maximum atomic E-state index is 13.2. The number of hydrogen-bond acceptors (Lipinski definition) is 7. The second-order valence-electron chi connectivity index (χ2n) is 8.32. The van der Waals surface area contributed by atoms with Crippen LogP contribution >= 0.6 is 0 Å². The fourth-order valence-electron chi connectivity index (χ4n) is 4.16. The van der Waals surface area contributed by atoms with E-state index in [2.05, 4.69) is 0 Å². The number of carbonyl (C=O) groups is 5. The molecule has 4 aromatic rings. The molecule has 0 unspecified atom stereocenters. The van der Waals surface area contributed by atoms with Gasteiger partial charge in [0.15, 0.2) is 12.4 Å². The zero-order chi connectivity index (χ0) is 26.1. The van der Waals surface area contributed by atoms with Crippen LogP contribution in [0.25, 0.3) is 10.8 Å². The highest BCUT2D eigenvalue weighted by molar-refractivity contribution is 6.36. The molecule has 1 aliphatic rings. The lowest BCUT2D eigenvalue weighted by Crippen LogP contribution is -2.29. The second kappa shape index (κ2) is 9.50. The molecular formula is C29H19NO7. The molecule has 37 heavy (non-hydrogen) atoms. The van der Waals surface area contributed by atoms with Crippen molar-refractivity contribution in [1.29, 1.82) is 0 Å². The number of esters is 2. The minimum Gasteiger partial charge on any atom is -0.454 e. The molecule has 0 N–H and O–H groups in total.